The van der Waals surface area contributed by atoms with Gasteiger partial charge in [0, 0.05) is 35.1 Å². The molecule has 0 saturated carbocycles. The van der Waals surface area contributed by atoms with Crippen molar-refractivity contribution in [3.63, 3.8) is 0 Å². The van der Waals surface area contributed by atoms with Crippen LogP contribution in [0, 0.1) is 5.92 Å². The molecular weight excluding hydrogens is 245 g/mol. The van der Waals surface area contributed by atoms with Gasteiger partial charge in [-0.05, 0) is 6.08 Å². The molecule has 0 bridgehead atoms. The molecule has 0 saturated heterocycles. The zero-order valence-electron chi connectivity index (χ0n) is 5.30. The van der Waals surface area contributed by atoms with Gasteiger partial charge in [-0.25, -0.2) is 0 Å². The quantitative estimate of drug-likeness (QED) is 0.539. The third-order valence-electron chi connectivity index (χ3n) is 1.40. The summed E-state index contributed by atoms with van der Waals surface area (Å²) in [6.07, 6.45) is 1.77. The SMILES string of the molecule is O=C(I)C1=CC(CO)CN1. The van der Waals surface area contributed by atoms with Gasteiger partial charge in [0.05, 0.1) is 12.3 Å². The summed E-state index contributed by atoms with van der Waals surface area (Å²) in [5.41, 5.74) is 0.625. The van der Waals surface area contributed by atoms with Gasteiger partial charge in [0.15, 0.2) is 0 Å². The van der Waals surface area contributed by atoms with Crippen LogP contribution in [0.5, 0.6) is 0 Å². The lowest BCUT2D eigenvalue weighted by Gasteiger charge is -1.98. The molecule has 10 heavy (non-hydrogen) atoms. The van der Waals surface area contributed by atoms with Crippen LogP contribution in [0.2, 0.25) is 0 Å². The van der Waals surface area contributed by atoms with E-state index in [4.69, 9.17) is 5.11 Å². The molecule has 1 heterocycles. The van der Waals surface area contributed by atoms with Crippen LogP contribution in [-0.4, -0.2) is 22.0 Å². The van der Waals surface area contributed by atoms with Crippen molar-refractivity contribution in [1.29, 1.82) is 0 Å². The molecule has 0 aliphatic carbocycles. The maximum atomic E-state index is 10.7. The lowest BCUT2D eigenvalue weighted by Crippen LogP contribution is -2.16. The lowest BCUT2D eigenvalue weighted by atomic mass is 10.2. The molecule has 3 nitrogen and oxygen atoms in total. The molecule has 56 valence electrons. The van der Waals surface area contributed by atoms with Crippen LogP contribution in [0.25, 0.3) is 0 Å². The summed E-state index contributed by atoms with van der Waals surface area (Å²) in [7, 11) is 0. The zero-order chi connectivity index (χ0) is 7.56. The topological polar surface area (TPSA) is 49.3 Å². The number of aliphatic hydroxyl groups is 1. The Bertz CT molecular complexity index is 179. The molecule has 1 aliphatic rings. The number of rotatable bonds is 2. The van der Waals surface area contributed by atoms with Gasteiger partial charge in [0.2, 0.25) is 3.79 Å². The third kappa shape index (κ3) is 1.69. The molecule has 4 heteroatoms. The van der Waals surface area contributed by atoms with E-state index in [1.54, 1.807) is 28.7 Å². The minimum absolute atomic E-state index is 0.00792. The van der Waals surface area contributed by atoms with E-state index in [1.807, 2.05) is 0 Å². The Morgan fingerprint density at radius 1 is 2.00 bits per heavy atom. The van der Waals surface area contributed by atoms with Gasteiger partial charge in [-0.3, -0.25) is 4.79 Å². The molecule has 0 radical (unpaired) electrons. The predicted octanol–water partition coefficient (Wildman–Crippen LogP) is 0.0436. The summed E-state index contributed by atoms with van der Waals surface area (Å²) in [4.78, 5) is 10.7. The molecule has 0 spiro atoms. The first-order valence-electron chi connectivity index (χ1n) is 3.00. The largest absolute Gasteiger partial charge is 0.396 e. The average Bonchev–Trinajstić information content (AvgIpc) is 2.34. The average molecular weight is 253 g/mol. The fourth-order valence-electron chi connectivity index (χ4n) is 0.847. The molecule has 0 aromatic rings. The zero-order valence-corrected chi connectivity index (χ0v) is 7.46. The summed E-state index contributed by atoms with van der Waals surface area (Å²) in [6, 6.07) is 0. The fraction of sp³-hybridized carbons (Fsp3) is 0.500. The standard InChI is InChI=1S/C6H8INO2/c7-6(10)5-1-4(3-9)2-8-5/h1,4,8-9H,2-3H2. The second-order valence-corrected chi connectivity index (χ2v) is 3.16. The van der Waals surface area contributed by atoms with Crippen LogP contribution in [0.4, 0.5) is 0 Å². The first kappa shape index (κ1) is 8.00. The Morgan fingerprint density at radius 2 is 2.70 bits per heavy atom. The summed E-state index contributed by atoms with van der Waals surface area (Å²) in [6.45, 7) is 0.793. The van der Waals surface area contributed by atoms with E-state index in [0.29, 0.717) is 12.2 Å². The number of hydrogen-bond donors (Lipinski definition) is 2. The second kappa shape index (κ2) is 3.34. The van der Waals surface area contributed by atoms with Crippen molar-refractivity contribution in [1.82, 2.24) is 5.32 Å². The van der Waals surface area contributed by atoms with Crippen LogP contribution >= 0.6 is 22.6 Å². The van der Waals surface area contributed by atoms with Gasteiger partial charge in [-0.15, -0.1) is 0 Å². The smallest absolute Gasteiger partial charge is 0.237 e. The number of carbonyl (C=O) groups excluding carboxylic acids is 1. The van der Waals surface area contributed by atoms with Gasteiger partial charge < -0.3 is 10.4 Å². The number of halogens is 1. The highest BCUT2D eigenvalue weighted by atomic mass is 127. The van der Waals surface area contributed by atoms with Crippen molar-refractivity contribution < 1.29 is 9.90 Å². The van der Waals surface area contributed by atoms with E-state index in [2.05, 4.69) is 5.32 Å². The molecule has 0 fully saturated rings. The minimum atomic E-state index is 0.00792. The Hall–Kier alpha value is -0.100. The van der Waals surface area contributed by atoms with Crippen LogP contribution < -0.4 is 5.32 Å². The maximum Gasteiger partial charge on any atom is 0.237 e. The fourth-order valence-corrected chi connectivity index (χ4v) is 1.22. The Kier molecular flexibility index (Phi) is 2.67. The molecule has 0 aromatic heterocycles. The van der Waals surface area contributed by atoms with E-state index < -0.39 is 0 Å². The summed E-state index contributed by atoms with van der Waals surface area (Å²) >= 11 is 1.72. The molecule has 0 aromatic carbocycles. The Labute approximate surface area is 72.6 Å². The van der Waals surface area contributed by atoms with E-state index in [1.165, 1.54) is 0 Å². The number of carbonyl (C=O) groups is 1. The summed E-state index contributed by atoms with van der Waals surface area (Å²) in [5.74, 6) is 0.119. The van der Waals surface area contributed by atoms with Crippen molar-refractivity contribution in [3.05, 3.63) is 11.8 Å². The maximum absolute atomic E-state index is 10.7. The van der Waals surface area contributed by atoms with Crippen LogP contribution in [-0.2, 0) is 4.79 Å². The van der Waals surface area contributed by atoms with Crippen LogP contribution in [0.3, 0.4) is 0 Å². The van der Waals surface area contributed by atoms with E-state index >= 15 is 0 Å². The van der Waals surface area contributed by atoms with E-state index in [9.17, 15) is 4.79 Å². The number of aliphatic hydroxyl groups excluding tert-OH is 1. The Balaban J connectivity index is 2.57. The summed E-state index contributed by atoms with van der Waals surface area (Å²) in [5, 5.41) is 11.6. The molecule has 1 aliphatic heterocycles. The summed E-state index contributed by atoms with van der Waals surface area (Å²) < 4.78 is 0.00792. The highest BCUT2D eigenvalue weighted by Crippen LogP contribution is 2.11. The molecule has 2 N–H and O–H groups in total. The molecule has 1 unspecified atom stereocenters. The van der Waals surface area contributed by atoms with E-state index in [0.717, 1.165) is 0 Å². The van der Waals surface area contributed by atoms with Crippen LogP contribution in [0.1, 0.15) is 0 Å². The van der Waals surface area contributed by atoms with Crippen molar-refractivity contribution in [2.45, 2.75) is 0 Å². The molecule has 1 atom stereocenters. The van der Waals surface area contributed by atoms with Crippen LogP contribution in [0.15, 0.2) is 11.8 Å². The number of allylic oxidation sites excluding steroid dienone is 1. The predicted molar refractivity (Wildman–Crippen MR) is 45.7 cm³/mol. The van der Waals surface area contributed by atoms with Crippen molar-refractivity contribution in [3.8, 4) is 0 Å². The molecule has 1 rings (SSSR count). The highest BCUT2D eigenvalue weighted by molar-refractivity contribution is 14.1. The monoisotopic (exact) mass is 253 g/mol. The normalized spacial score (nSPS) is 23.8. The van der Waals surface area contributed by atoms with Gasteiger partial charge >= 0.3 is 0 Å². The highest BCUT2D eigenvalue weighted by Gasteiger charge is 2.16. The van der Waals surface area contributed by atoms with Crippen molar-refractivity contribution >= 4 is 26.4 Å². The number of hydrogen-bond acceptors (Lipinski definition) is 3. The lowest BCUT2D eigenvalue weighted by molar-refractivity contribution is -0.106. The molecule has 0 amide bonds. The first-order valence-corrected chi connectivity index (χ1v) is 4.08. The van der Waals surface area contributed by atoms with Gasteiger partial charge in [0.25, 0.3) is 0 Å². The van der Waals surface area contributed by atoms with Gasteiger partial charge in [-0.1, -0.05) is 0 Å². The molecular formula is C6H8INO2. The van der Waals surface area contributed by atoms with Gasteiger partial charge in [-0.2, -0.15) is 0 Å². The van der Waals surface area contributed by atoms with Gasteiger partial charge in [0.1, 0.15) is 0 Å². The number of nitrogens with one attached hydrogen (secondary N) is 1. The first-order chi connectivity index (χ1) is 4.74. The Morgan fingerprint density at radius 3 is 3.00 bits per heavy atom. The minimum Gasteiger partial charge on any atom is -0.396 e. The van der Waals surface area contributed by atoms with E-state index in [-0.39, 0.29) is 16.3 Å². The third-order valence-corrected chi connectivity index (χ3v) is 1.98. The van der Waals surface area contributed by atoms with Crippen molar-refractivity contribution in [2.24, 2.45) is 5.92 Å². The van der Waals surface area contributed by atoms with Crippen molar-refractivity contribution in [2.75, 3.05) is 13.2 Å². The second-order valence-electron chi connectivity index (χ2n) is 2.18.